The molecule has 1 heteroatoms. The second kappa shape index (κ2) is 3.50. The molecule has 1 nitrogen and oxygen atoms in total. The molecule has 2 aromatic carbocycles. The zero-order valence-electron chi connectivity index (χ0n) is 9.29. The first-order valence-corrected chi connectivity index (χ1v) is 5.09. The second-order valence-corrected chi connectivity index (χ2v) is 4.06. The van der Waals surface area contributed by atoms with E-state index in [2.05, 4.69) is 26.0 Å². The summed E-state index contributed by atoms with van der Waals surface area (Å²) in [6.07, 6.45) is 0.911. The van der Waals surface area contributed by atoms with Gasteiger partial charge in [0.2, 0.25) is 0 Å². The van der Waals surface area contributed by atoms with Crippen molar-refractivity contribution in [2.45, 2.75) is 20.8 Å². The summed E-state index contributed by atoms with van der Waals surface area (Å²) in [6, 6.07) is 8.16. The van der Waals surface area contributed by atoms with Gasteiger partial charge in [-0.2, -0.15) is 0 Å². The highest BCUT2D eigenvalue weighted by Gasteiger charge is 2.04. The van der Waals surface area contributed by atoms with Crippen molar-refractivity contribution in [1.82, 2.24) is 0 Å². The molecule has 0 N–H and O–H groups in total. The van der Waals surface area contributed by atoms with E-state index in [1.165, 1.54) is 21.9 Å². The van der Waals surface area contributed by atoms with Crippen LogP contribution in [0.25, 0.3) is 10.8 Å². The third-order valence-corrected chi connectivity index (χ3v) is 3.04. The zero-order valence-corrected chi connectivity index (χ0v) is 9.29. The molecule has 76 valence electrons. The molecule has 2 rings (SSSR count). The van der Waals surface area contributed by atoms with Crippen LogP contribution < -0.4 is 0 Å². The molecule has 0 amide bonds. The Balaban J connectivity index is 2.92. The number of hydrogen-bond donors (Lipinski definition) is 0. The van der Waals surface area contributed by atoms with Crippen LogP contribution in [0.5, 0.6) is 0 Å². The third-order valence-electron chi connectivity index (χ3n) is 3.04. The second-order valence-electron chi connectivity index (χ2n) is 4.06. The Hall–Kier alpha value is -1.63. The predicted octanol–water partition coefficient (Wildman–Crippen LogP) is 3.58. The number of rotatable bonds is 1. The zero-order chi connectivity index (χ0) is 11.0. The molecule has 0 aliphatic rings. The van der Waals surface area contributed by atoms with E-state index in [0.29, 0.717) is 0 Å². The van der Waals surface area contributed by atoms with Crippen molar-refractivity contribution in [2.75, 3.05) is 0 Å². The van der Waals surface area contributed by atoms with Crippen LogP contribution in [-0.4, -0.2) is 6.29 Å². The van der Waals surface area contributed by atoms with Crippen molar-refractivity contribution in [3.05, 3.63) is 46.5 Å². The average molecular weight is 198 g/mol. The average Bonchev–Trinajstić information content (AvgIpc) is 2.23. The molecule has 0 fully saturated rings. The molecule has 0 bridgehead atoms. The lowest BCUT2D eigenvalue weighted by atomic mass is 9.96. The standard InChI is InChI=1S/C14H14O/c1-9-4-5-13-10(2)6-12(8-15)7-14(13)11(9)3/h4-8H,1-3H3. The summed E-state index contributed by atoms with van der Waals surface area (Å²) in [5.74, 6) is 0. The van der Waals surface area contributed by atoms with Crippen LogP contribution in [-0.2, 0) is 0 Å². The lowest BCUT2D eigenvalue weighted by Crippen LogP contribution is -1.89. The van der Waals surface area contributed by atoms with Gasteiger partial charge < -0.3 is 0 Å². The van der Waals surface area contributed by atoms with Gasteiger partial charge in [-0.3, -0.25) is 4.79 Å². The molecular formula is C14H14O. The fraction of sp³-hybridized carbons (Fsp3) is 0.214. The Kier molecular flexibility index (Phi) is 2.31. The van der Waals surface area contributed by atoms with E-state index in [4.69, 9.17) is 0 Å². The number of benzene rings is 2. The SMILES string of the molecule is Cc1ccc2c(C)cc(C=O)cc2c1C. The molecule has 15 heavy (non-hydrogen) atoms. The van der Waals surface area contributed by atoms with Crippen LogP contribution in [0.4, 0.5) is 0 Å². The molecule has 0 spiro atoms. The highest BCUT2D eigenvalue weighted by Crippen LogP contribution is 2.25. The number of hydrogen-bond acceptors (Lipinski definition) is 1. The van der Waals surface area contributed by atoms with Gasteiger partial charge in [0.25, 0.3) is 0 Å². The maximum absolute atomic E-state index is 10.8. The molecule has 0 heterocycles. The third kappa shape index (κ3) is 1.54. The van der Waals surface area contributed by atoms with Crippen molar-refractivity contribution in [3.63, 3.8) is 0 Å². The van der Waals surface area contributed by atoms with Crippen molar-refractivity contribution >= 4 is 17.1 Å². The monoisotopic (exact) mass is 198 g/mol. The van der Waals surface area contributed by atoms with Gasteiger partial charge in [0.05, 0.1) is 0 Å². The van der Waals surface area contributed by atoms with E-state index in [1.807, 2.05) is 19.1 Å². The number of carbonyl (C=O) groups is 1. The quantitative estimate of drug-likeness (QED) is 0.640. The summed E-state index contributed by atoms with van der Waals surface area (Å²) in [4.78, 5) is 10.8. The first-order chi connectivity index (χ1) is 7.13. The van der Waals surface area contributed by atoms with Crippen molar-refractivity contribution in [1.29, 1.82) is 0 Å². The first kappa shape index (κ1) is 9.91. The Labute approximate surface area is 89.7 Å². The number of carbonyl (C=O) groups excluding carboxylic acids is 1. The normalized spacial score (nSPS) is 10.6. The Morgan fingerprint density at radius 3 is 2.33 bits per heavy atom. The Bertz CT molecular complexity index is 539. The van der Waals surface area contributed by atoms with Crippen molar-refractivity contribution in [2.24, 2.45) is 0 Å². The van der Waals surface area contributed by atoms with Crippen LogP contribution >= 0.6 is 0 Å². The minimum absolute atomic E-state index is 0.758. The van der Waals surface area contributed by atoms with E-state index < -0.39 is 0 Å². The predicted molar refractivity (Wildman–Crippen MR) is 63.5 cm³/mol. The van der Waals surface area contributed by atoms with E-state index >= 15 is 0 Å². The summed E-state index contributed by atoms with van der Waals surface area (Å²) in [6.45, 7) is 6.24. The molecule has 0 atom stereocenters. The lowest BCUT2D eigenvalue weighted by Gasteiger charge is -2.08. The van der Waals surface area contributed by atoms with Gasteiger partial charge in [0, 0.05) is 5.56 Å². The highest BCUT2D eigenvalue weighted by molar-refractivity contribution is 5.93. The van der Waals surface area contributed by atoms with Gasteiger partial charge in [0.1, 0.15) is 6.29 Å². The molecule has 0 unspecified atom stereocenters. The lowest BCUT2D eigenvalue weighted by molar-refractivity contribution is 0.112. The number of fused-ring (bicyclic) bond motifs is 1. The van der Waals surface area contributed by atoms with Crippen LogP contribution in [0.1, 0.15) is 27.0 Å². The van der Waals surface area contributed by atoms with Gasteiger partial charge in [-0.15, -0.1) is 0 Å². The van der Waals surface area contributed by atoms with E-state index in [1.54, 1.807) is 0 Å². The van der Waals surface area contributed by atoms with Gasteiger partial charge in [0.15, 0.2) is 0 Å². The summed E-state index contributed by atoms with van der Waals surface area (Å²) < 4.78 is 0. The van der Waals surface area contributed by atoms with Gasteiger partial charge >= 0.3 is 0 Å². The molecule has 0 aromatic heterocycles. The van der Waals surface area contributed by atoms with Crippen molar-refractivity contribution < 1.29 is 4.79 Å². The summed E-state index contributed by atoms with van der Waals surface area (Å²) in [7, 11) is 0. The molecule has 0 aliphatic heterocycles. The van der Waals surface area contributed by atoms with E-state index in [0.717, 1.165) is 17.4 Å². The minimum atomic E-state index is 0.758. The van der Waals surface area contributed by atoms with E-state index in [-0.39, 0.29) is 0 Å². The highest BCUT2D eigenvalue weighted by atomic mass is 16.1. The van der Waals surface area contributed by atoms with E-state index in [9.17, 15) is 4.79 Å². The van der Waals surface area contributed by atoms with Crippen LogP contribution in [0.3, 0.4) is 0 Å². The number of aryl methyl sites for hydroxylation is 3. The largest absolute Gasteiger partial charge is 0.298 e. The van der Waals surface area contributed by atoms with Gasteiger partial charge in [-0.05, 0) is 60.4 Å². The maximum Gasteiger partial charge on any atom is 0.150 e. The van der Waals surface area contributed by atoms with Gasteiger partial charge in [-0.1, -0.05) is 12.1 Å². The van der Waals surface area contributed by atoms with Gasteiger partial charge in [-0.25, -0.2) is 0 Å². The van der Waals surface area contributed by atoms with Crippen molar-refractivity contribution in [3.8, 4) is 0 Å². The molecule has 2 aromatic rings. The molecule has 0 saturated heterocycles. The fourth-order valence-electron chi connectivity index (χ4n) is 1.97. The first-order valence-electron chi connectivity index (χ1n) is 5.09. The van der Waals surface area contributed by atoms with Crippen LogP contribution in [0.15, 0.2) is 24.3 Å². The minimum Gasteiger partial charge on any atom is -0.298 e. The molecular weight excluding hydrogens is 184 g/mol. The summed E-state index contributed by atoms with van der Waals surface area (Å²) >= 11 is 0. The Morgan fingerprint density at radius 2 is 1.67 bits per heavy atom. The Morgan fingerprint density at radius 1 is 0.933 bits per heavy atom. The topological polar surface area (TPSA) is 17.1 Å². The molecule has 0 aliphatic carbocycles. The van der Waals surface area contributed by atoms with Crippen LogP contribution in [0, 0.1) is 20.8 Å². The summed E-state index contributed by atoms with van der Waals surface area (Å²) in [5, 5.41) is 2.43. The fourth-order valence-corrected chi connectivity index (χ4v) is 1.97. The van der Waals surface area contributed by atoms with Crippen LogP contribution in [0.2, 0.25) is 0 Å². The number of aldehydes is 1. The molecule has 0 radical (unpaired) electrons. The smallest absolute Gasteiger partial charge is 0.150 e. The maximum atomic E-state index is 10.8. The summed E-state index contributed by atoms with van der Waals surface area (Å²) in [5.41, 5.74) is 4.45. The molecule has 0 saturated carbocycles.